The Bertz CT molecular complexity index is 728. The number of aromatic nitrogens is 1. The van der Waals surface area contributed by atoms with Crippen LogP contribution in [0.3, 0.4) is 0 Å². The van der Waals surface area contributed by atoms with Crippen molar-refractivity contribution in [3.05, 3.63) is 39.7 Å². The number of benzene rings is 1. The first kappa shape index (κ1) is 11.8. The summed E-state index contributed by atoms with van der Waals surface area (Å²) in [5.74, 6) is -0.867. The molecule has 19 heavy (non-hydrogen) atoms. The zero-order valence-corrected chi connectivity index (χ0v) is 10.1. The Kier molecular flexibility index (Phi) is 2.55. The van der Waals surface area contributed by atoms with Crippen LogP contribution in [0, 0.1) is 0 Å². The fourth-order valence-corrected chi connectivity index (χ4v) is 2.48. The second-order valence-corrected chi connectivity index (χ2v) is 4.91. The molecule has 1 saturated carbocycles. The molecule has 5 nitrogen and oxygen atoms in total. The summed E-state index contributed by atoms with van der Waals surface area (Å²) in [5.41, 5.74) is 0.140. The number of hydrogen-bond acceptors (Lipinski definition) is 3. The molecular formula is C14H13NO4. The smallest absolute Gasteiger partial charge is 0.341 e. The van der Waals surface area contributed by atoms with Gasteiger partial charge in [-0.2, -0.15) is 0 Å². The topological polar surface area (TPSA) is 90.4 Å². The molecule has 3 N–H and O–H groups in total. The highest BCUT2D eigenvalue weighted by Crippen LogP contribution is 2.42. The number of phenolic OH excluding ortho intramolecular Hbond substituents is 1. The van der Waals surface area contributed by atoms with E-state index < -0.39 is 11.5 Å². The Labute approximate surface area is 108 Å². The van der Waals surface area contributed by atoms with Crippen LogP contribution in [0.4, 0.5) is 0 Å². The summed E-state index contributed by atoms with van der Waals surface area (Å²) in [6, 6.07) is 4.84. The van der Waals surface area contributed by atoms with Crippen LogP contribution < -0.4 is 5.56 Å². The minimum Gasteiger partial charge on any atom is -0.505 e. The summed E-state index contributed by atoms with van der Waals surface area (Å²) >= 11 is 0. The maximum Gasteiger partial charge on any atom is 0.341 e. The maximum absolute atomic E-state index is 11.6. The number of fused-ring (bicyclic) bond motifs is 1. The van der Waals surface area contributed by atoms with Gasteiger partial charge in [0.2, 0.25) is 0 Å². The molecule has 0 bridgehead atoms. The van der Waals surface area contributed by atoms with Crippen molar-refractivity contribution in [2.24, 2.45) is 0 Å². The summed E-state index contributed by atoms with van der Waals surface area (Å²) in [5, 5.41) is 19.6. The summed E-state index contributed by atoms with van der Waals surface area (Å²) in [7, 11) is 0. The summed E-state index contributed by atoms with van der Waals surface area (Å²) in [4.78, 5) is 25.0. The van der Waals surface area contributed by atoms with Crippen LogP contribution in [0.5, 0.6) is 5.75 Å². The lowest BCUT2D eigenvalue weighted by Crippen LogP contribution is -2.17. The molecule has 0 spiro atoms. The molecule has 2 aromatic rings. The van der Waals surface area contributed by atoms with Gasteiger partial charge in [-0.05, 0) is 30.4 Å². The molecule has 1 heterocycles. The van der Waals surface area contributed by atoms with Gasteiger partial charge >= 0.3 is 5.97 Å². The number of aromatic amines is 1. The van der Waals surface area contributed by atoms with Gasteiger partial charge in [-0.3, -0.25) is 4.79 Å². The molecule has 1 aromatic heterocycles. The Morgan fingerprint density at radius 2 is 2.05 bits per heavy atom. The van der Waals surface area contributed by atoms with Crippen molar-refractivity contribution in [2.45, 2.75) is 25.2 Å². The molecule has 0 aliphatic heterocycles. The number of phenols is 1. The van der Waals surface area contributed by atoms with Gasteiger partial charge in [0.15, 0.2) is 0 Å². The second kappa shape index (κ2) is 4.12. The Hall–Kier alpha value is -2.30. The lowest BCUT2D eigenvalue weighted by molar-refractivity contribution is 0.0695. The van der Waals surface area contributed by atoms with Gasteiger partial charge in [0.25, 0.3) is 5.56 Å². The molecule has 3 rings (SSSR count). The van der Waals surface area contributed by atoms with Crippen LogP contribution in [0.1, 0.15) is 41.1 Å². The van der Waals surface area contributed by atoms with Crippen LogP contribution in [-0.2, 0) is 0 Å². The van der Waals surface area contributed by atoms with E-state index in [2.05, 4.69) is 4.98 Å². The van der Waals surface area contributed by atoms with Gasteiger partial charge in [0.1, 0.15) is 11.3 Å². The molecule has 1 fully saturated rings. The van der Waals surface area contributed by atoms with Gasteiger partial charge in [0.05, 0.1) is 5.52 Å². The fraction of sp³-hybridized carbons (Fsp3) is 0.286. The average Bonchev–Trinajstić information content (AvgIpc) is 2.30. The van der Waals surface area contributed by atoms with E-state index in [0.29, 0.717) is 16.8 Å². The van der Waals surface area contributed by atoms with E-state index in [4.69, 9.17) is 5.11 Å². The average molecular weight is 259 g/mol. The molecule has 0 atom stereocenters. The van der Waals surface area contributed by atoms with E-state index in [-0.39, 0.29) is 11.3 Å². The highest BCUT2D eigenvalue weighted by Gasteiger charge is 2.24. The Morgan fingerprint density at radius 3 is 2.63 bits per heavy atom. The third-order valence-electron chi connectivity index (χ3n) is 3.80. The summed E-state index contributed by atoms with van der Waals surface area (Å²) < 4.78 is 0. The van der Waals surface area contributed by atoms with Crippen molar-refractivity contribution in [3.63, 3.8) is 0 Å². The number of carbonyl (C=O) groups is 1. The highest BCUT2D eigenvalue weighted by molar-refractivity contribution is 5.94. The number of hydrogen-bond donors (Lipinski definition) is 3. The predicted molar refractivity (Wildman–Crippen MR) is 69.8 cm³/mol. The van der Waals surface area contributed by atoms with Gasteiger partial charge in [0, 0.05) is 5.39 Å². The monoisotopic (exact) mass is 259 g/mol. The minimum absolute atomic E-state index is 0.0660. The molecule has 1 aliphatic rings. The quantitative estimate of drug-likeness (QED) is 0.771. The van der Waals surface area contributed by atoms with Gasteiger partial charge in [-0.25, -0.2) is 4.79 Å². The molecule has 1 aliphatic carbocycles. The van der Waals surface area contributed by atoms with Crippen molar-refractivity contribution < 1.29 is 15.0 Å². The number of aromatic hydroxyl groups is 1. The van der Waals surface area contributed by atoms with Crippen molar-refractivity contribution in [3.8, 4) is 5.75 Å². The second-order valence-electron chi connectivity index (χ2n) is 4.91. The Balaban J connectivity index is 2.23. The molecule has 1 aromatic carbocycles. The number of nitrogens with one attached hydrogen (secondary N) is 1. The van der Waals surface area contributed by atoms with Crippen LogP contribution in [0.15, 0.2) is 23.0 Å². The molecule has 0 saturated heterocycles. The van der Waals surface area contributed by atoms with Crippen molar-refractivity contribution in [2.75, 3.05) is 0 Å². The van der Waals surface area contributed by atoms with Crippen LogP contribution in [0.2, 0.25) is 0 Å². The van der Waals surface area contributed by atoms with Gasteiger partial charge < -0.3 is 15.2 Å². The first-order valence-corrected chi connectivity index (χ1v) is 6.20. The van der Waals surface area contributed by atoms with E-state index in [0.717, 1.165) is 24.8 Å². The highest BCUT2D eigenvalue weighted by atomic mass is 16.4. The number of aromatic carboxylic acids is 1. The number of H-pyrrole nitrogens is 1. The standard InChI is InChI=1S/C14H13NO4/c16-12-9(7-2-1-3-7)5-4-8-6-10(14(18)19)13(17)15-11(8)12/h4-7,16H,1-3H2,(H,15,17)(H,18,19). The molecule has 98 valence electrons. The number of rotatable bonds is 2. The normalized spacial score (nSPS) is 15.4. The Morgan fingerprint density at radius 1 is 1.32 bits per heavy atom. The first-order valence-electron chi connectivity index (χ1n) is 6.20. The zero-order valence-electron chi connectivity index (χ0n) is 10.1. The lowest BCUT2D eigenvalue weighted by atomic mass is 9.79. The lowest BCUT2D eigenvalue weighted by Gasteiger charge is -2.26. The minimum atomic E-state index is -1.27. The first-order chi connectivity index (χ1) is 9.08. The maximum atomic E-state index is 11.6. The van der Waals surface area contributed by atoms with E-state index in [9.17, 15) is 14.7 Å². The molecule has 0 amide bonds. The van der Waals surface area contributed by atoms with E-state index in [1.807, 2.05) is 6.07 Å². The summed E-state index contributed by atoms with van der Waals surface area (Å²) in [6.07, 6.45) is 3.23. The van der Waals surface area contributed by atoms with Gasteiger partial charge in [-0.15, -0.1) is 0 Å². The van der Waals surface area contributed by atoms with Crippen molar-refractivity contribution in [1.82, 2.24) is 4.98 Å². The van der Waals surface area contributed by atoms with Crippen LogP contribution >= 0.6 is 0 Å². The van der Waals surface area contributed by atoms with E-state index in [1.54, 1.807) is 6.07 Å². The third kappa shape index (κ3) is 1.78. The molecule has 0 radical (unpaired) electrons. The van der Waals surface area contributed by atoms with E-state index >= 15 is 0 Å². The molecule has 5 heteroatoms. The molecular weight excluding hydrogens is 246 g/mol. The summed E-state index contributed by atoms with van der Waals surface area (Å²) in [6.45, 7) is 0. The fourth-order valence-electron chi connectivity index (χ4n) is 2.48. The third-order valence-corrected chi connectivity index (χ3v) is 3.80. The van der Waals surface area contributed by atoms with Crippen molar-refractivity contribution >= 4 is 16.9 Å². The number of pyridine rings is 1. The molecule has 0 unspecified atom stereocenters. The zero-order chi connectivity index (χ0) is 13.6. The van der Waals surface area contributed by atoms with Crippen molar-refractivity contribution in [1.29, 1.82) is 0 Å². The van der Waals surface area contributed by atoms with Crippen LogP contribution in [0.25, 0.3) is 10.9 Å². The predicted octanol–water partition coefficient (Wildman–Crippen LogP) is 2.20. The number of carboxylic acid groups (broad SMARTS) is 1. The van der Waals surface area contributed by atoms with E-state index in [1.165, 1.54) is 6.07 Å². The number of carboxylic acids is 1. The van der Waals surface area contributed by atoms with Gasteiger partial charge in [-0.1, -0.05) is 18.6 Å². The SMILES string of the molecule is O=C(O)c1cc2ccc(C3CCC3)c(O)c2[nH]c1=O. The largest absolute Gasteiger partial charge is 0.505 e. The van der Waals surface area contributed by atoms with Crippen LogP contribution in [-0.4, -0.2) is 21.2 Å².